The largest absolute Gasteiger partial charge is 0.489 e. The molecule has 2 N–H and O–H groups in total. The van der Waals surface area contributed by atoms with Crippen LogP contribution in [0.3, 0.4) is 0 Å². The van der Waals surface area contributed by atoms with Crippen LogP contribution in [0.25, 0.3) is 11.0 Å². The molecule has 2 aromatic rings. The molecule has 144 valence electrons. The average Bonchev–Trinajstić information content (AvgIpc) is 2.59. The second-order valence-electron chi connectivity index (χ2n) is 6.50. The molecule has 27 heavy (non-hydrogen) atoms. The number of carbonyl (C=O) groups excluding carboxylic acids is 1. The molecule has 7 heteroatoms. The van der Waals surface area contributed by atoms with E-state index in [-0.39, 0.29) is 12.0 Å². The number of carboxylic acid groups (broad SMARTS) is 1. The van der Waals surface area contributed by atoms with Crippen LogP contribution < -0.4 is 15.7 Å². The Balaban J connectivity index is 2.36. The minimum Gasteiger partial charge on any atom is -0.489 e. The first-order chi connectivity index (χ1) is 12.7. The van der Waals surface area contributed by atoms with E-state index >= 15 is 0 Å². The van der Waals surface area contributed by atoms with Crippen LogP contribution in [0.2, 0.25) is 0 Å². The van der Waals surface area contributed by atoms with E-state index in [0.717, 1.165) is 5.57 Å². The predicted molar refractivity (Wildman–Crippen MR) is 101 cm³/mol. The molecule has 0 saturated carbocycles. The quantitative estimate of drug-likeness (QED) is 0.571. The Morgan fingerprint density at radius 3 is 2.56 bits per heavy atom. The highest BCUT2D eigenvalue weighted by atomic mass is 16.5. The smallest absolute Gasteiger partial charge is 0.340 e. The molecule has 0 bridgehead atoms. The van der Waals surface area contributed by atoms with Crippen molar-refractivity contribution in [2.24, 2.45) is 0 Å². The van der Waals surface area contributed by atoms with Gasteiger partial charge in [0.15, 0.2) is 0 Å². The van der Waals surface area contributed by atoms with Gasteiger partial charge in [-0.15, -0.1) is 0 Å². The Hall–Kier alpha value is -3.09. The first kappa shape index (κ1) is 20.2. The summed E-state index contributed by atoms with van der Waals surface area (Å²) in [5.74, 6) is -1.08. The molecule has 0 aliphatic carbocycles. The van der Waals surface area contributed by atoms with E-state index in [1.807, 2.05) is 26.8 Å². The number of aliphatic carboxylic acids is 1. The number of fused-ring (bicyclic) bond motifs is 1. The summed E-state index contributed by atoms with van der Waals surface area (Å²) in [7, 11) is 0. The minimum atomic E-state index is -1.15. The maximum absolute atomic E-state index is 12.4. The summed E-state index contributed by atoms with van der Waals surface area (Å²) in [6, 6.07) is 3.59. The molecular formula is C20H23NO6. The number of nitrogens with one attached hydrogen (secondary N) is 1. The number of ether oxygens (including phenoxy) is 1. The van der Waals surface area contributed by atoms with Gasteiger partial charge in [0.2, 0.25) is 5.91 Å². The SMILES string of the molecule is CC(C)=CCOc1ccc2c(C)c(CC(=O)NCC(=O)O)c(=O)oc2c1C. The Kier molecular flexibility index (Phi) is 6.39. The number of rotatable bonds is 7. The van der Waals surface area contributed by atoms with Crippen LogP contribution >= 0.6 is 0 Å². The first-order valence-corrected chi connectivity index (χ1v) is 8.51. The number of aryl methyl sites for hydroxylation is 2. The number of benzene rings is 1. The summed E-state index contributed by atoms with van der Waals surface area (Å²) in [5, 5.41) is 11.6. The van der Waals surface area contributed by atoms with Crippen molar-refractivity contribution in [3.8, 4) is 5.75 Å². The number of carbonyl (C=O) groups is 2. The topological polar surface area (TPSA) is 106 Å². The maximum atomic E-state index is 12.4. The van der Waals surface area contributed by atoms with Crippen molar-refractivity contribution in [2.45, 2.75) is 34.1 Å². The summed E-state index contributed by atoms with van der Waals surface area (Å²) in [6.45, 7) is 7.42. The normalized spacial score (nSPS) is 10.5. The second-order valence-corrected chi connectivity index (χ2v) is 6.50. The highest BCUT2D eigenvalue weighted by Gasteiger charge is 2.17. The Labute approximate surface area is 156 Å². The Morgan fingerprint density at radius 2 is 1.93 bits per heavy atom. The average molecular weight is 373 g/mol. The van der Waals surface area contributed by atoms with Crippen LogP contribution in [-0.2, 0) is 16.0 Å². The lowest BCUT2D eigenvalue weighted by atomic mass is 10.0. The summed E-state index contributed by atoms with van der Waals surface area (Å²) < 4.78 is 11.2. The molecule has 0 unspecified atom stereocenters. The molecule has 1 heterocycles. The van der Waals surface area contributed by atoms with Crippen molar-refractivity contribution in [1.82, 2.24) is 5.32 Å². The molecule has 0 spiro atoms. The third kappa shape index (κ3) is 4.97. The Morgan fingerprint density at radius 1 is 1.22 bits per heavy atom. The molecule has 2 rings (SSSR count). The zero-order valence-electron chi connectivity index (χ0n) is 15.8. The molecule has 7 nitrogen and oxygen atoms in total. The van der Waals surface area contributed by atoms with Gasteiger partial charge in [0.05, 0.1) is 12.0 Å². The fraction of sp³-hybridized carbons (Fsp3) is 0.350. The monoisotopic (exact) mass is 373 g/mol. The number of amides is 1. The maximum Gasteiger partial charge on any atom is 0.340 e. The van der Waals surface area contributed by atoms with Crippen molar-refractivity contribution < 1.29 is 23.8 Å². The zero-order valence-corrected chi connectivity index (χ0v) is 15.8. The van der Waals surface area contributed by atoms with Gasteiger partial charge in [-0.1, -0.05) is 5.57 Å². The fourth-order valence-electron chi connectivity index (χ4n) is 2.63. The highest BCUT2D eigenvalue weighted by molar-refractivity contribution is 5.88. The molecular weight excluding hydrogens is 350 g/mol. The van der Waals surface area contributed by atoms with Crippen LogP contribution in [0.5, 0.6) is 5.75 Å². The van der Waals surface area contributed by atoms with Crippen molar-refractivity contribution in [1.29, 1.82) is 0 Å². The van der Waals surface area contributed by atoms with Gasteiger partial charge in [-0.05, 0) is 51.5 Å². The summed E-state index contributed by atoms with van der Waals surface area (Å²) in [6.07, 6.45) is 1.71. The van der Waals surface area contributed by atoms with E-state index in [1.165, 1.54) is 0 Å². The van der Waals surface area contributed by atoms with E-state index in [9.17, 15) is 14.4 Å². The van der Waals surface area contributed by atoms with Gasteiger partial charge in [-0.25, -0.2) is 4.79 Å². The van der Waals surface area contributed by atoms with Crippen LogP contribution in [0, 0.1) is 13.8 Å². The fourth-order valence-corrected chi connectivity index (χ4v) is 2.63. The number of allylic oxidation sites excluding steroid dienone is 1. The lowest BCUT2D eigenvalue weighted by Gasteiger charge is -2.12. The standard InChI is InChI=1S/C20H23NO6/c1-11(2)7-8-26-16-6-5-14-12(3)15(9-17(22)21-10-18(23)24)20(25)27-19(14)13(16)4/h5-7H,8-10H2,1-4H3,(H,21,22)(H,23,24). The zero-order chi connectivity index (χ0) is 20.1. The first-order valence-electron chi connectivity index (χ1n) is 8.51. The van der Waals surface area contributed by atoms with E-state index in [1.54, 1.807) is 19.1 Å². The number of hydrogen-bond donors (Lipinski definition) is 2. The molecule has 0 fully saturated rings. The summed E-state index contributed by atoms with van der Waals surface area (Å²) in [5.41, 5.74) is 2.49. The highest BCUT2D eigenvalue weighted by Crippen LogP contribution is 2.29. The number of hydrogen-bond acceptors (Lipinski definition) is 5. The van der Waals surface area contributed by atoms with Crippen molar-refractivity contribution in [2.75, 3.05) is 13.2 Å². The van der Waals surface area contributed by atoms with Crippen LogP contribution in [0.4, 0.5) is 0 Å². The second kappa shape index (κ2) is 8.53. The molecule has 0 atom stereocenters. The van der Waals surface area contributed by atoms with Crippen LogP contribution in [-0.4, -0.2) is 30.1 Å². The third-order valence-electron chi connectivity index (χ3n) is 4.16. The van der Waals surface area contributed by atoms with Gasteiger partial charge < -0.3 is 19.6 Å². The van der Waals surface area contributed by atoms with Crippen molar-refractivity contribution in [3.05, 3.63) is 50.9 Å². The predicted octanol–water partition coefficient (Wildman–Crippen LogP) is 2.50. The molecule has 0 aliphatic rings. The minimum absolute atomic E-state index is 0.211. The van der Waals surface area contributed by atoms with Crippen molar-refractivity contribution in [3.63, 3.8) is 0 Å². The van der Waals surface area contributed by atoms with Crippen molar-refractivity contribution >= 4 is 22.8 Å². The molecule has 1 aromatic heterocycles. The van der Waals surface area contributed by atoms with Gasteiger partial charge in [0.25, 0.3) is 0 Å². The number of carboxylic acids is 1. The molecule has 0 saturated heterocycles. The lowest BCUT2D eigenvalue weighted by molar-refractivity contribution is -0.137. The van der Waals surface area contributed by atoms with Gasteiger partial charge in [-0.3, -0.25) is 9.59 Å². The van der Waals surface area contributed by atoms with Gasteiger partial charge in [0.1, 0.15) is 24.5 Å². The Bertz CT molecular complexity index is 967. The van der Waals surface area contributed by atoms with Gasteiger partial charge in [-0.2, -0.15) is 0 Å². The third-order valence-corrected chi connectivity index (χ3v) is 4.16. The molecule has 1 aromatic carbocycles. The van der Waals surface area contributed by atoms with Crippen LogP contribution in [0.1, 0.15) is 30.5 Å². The van der Waals surface area contributed by atoms with E-state index in [4.69, 9.17) is 14.3 Å². The summed E-state index contributed by atoms with van der Waals surface area (Å²) in [4.78, 5) is 34.8. The van der Waals surface area contributed by atoms with Crippen LogP contribution in [0.15, 0.2) is 33.0 Å². The van der Waals surface area contributed by atoms with E-state index in [2.05, 4.69) is 5.32 Å². The molecule has 0 aliphatic heterocycles. The van der Waals surface area contributed by atoms with E-state index < -0.39 is 24.0 Å². The molecule has 1 amide bonds. The molecule has 0 radical (unpaired) electrons. The van der Waals surface area contributed by atoms with E-state index in [0.29, 0.717) is 34.5 Å². The summed E-state index contributed by atoms with van der Waals surface area (Å²) >= 11 is 0. The lowest BCUT2D eigenvalue weighted by Crippen LogP contribution is -2.32. The van der Waals surface area contributed by atoms with Gasteiger partial charge >= 0.3 is 11.6 Å². The van der Waals surface area contributed by atoms with Gasteiger partial charge in [0, 0.05) is 10.9 Å².